The maximum atomic E-state index is 14.0. The van der Waals surface area contributed by atoms with Gasteiger partial charge in [0.05, 0.1) is 16.8 Å². The fourth-order valence-corrected chi connectivity index (χ4v) is 4.60. The molecule has 0 radical (unpaired) electrons. The highest BCUT2D eigenvalue weighted by atomic mass is 19.1. The molecular formula is C26H26F2N6O3. The number of nitrogens with zero attached hydrogens (tertiary/aromatic N) is 6. The minimum Gasteiger partial charge on any atom is -0.477 e. The highest BCUT2D eigenvalue weighted by Crippen LogP contribution is 2.35. The predicted octanol–water partition coefficient (Wildman–Crippen LogP) is 4.59. The average Bonchev–Trinajstić information content (AvgIpc) is 3.28. The smallest absolute Gasteiger partial charge is 0.354 e. The third kappa shape index (κ3) is 4.74. The van der Waals surface area contributed by atoms with Gasteiger partial charge in [0.15, 0.2) is 11.3 Å². The van der Waals surface area contributed by atoms with Crippen LogP contribution in [0.2, 0.25) is 0 Å². The van der Waals surface area contributed by atoms with Crippen LogP contribution in [0.1, 0.15) is 48.8 Å². The van der Waals surface area contributed by atoms with Gasteiger partial charge in [-0.1, -0.05) is 13.8 Å². The second-order valence-corrected chi connectivity index (χ2v) is 9.36. The molecule has 1 aromatic carbocycles. The summed E-state index contributed by atoms with van der Waals surface area (Å²) in [6, 6.07) is 4.73. The molecule has 4 aromatic rings. The predicted molar refractivity (Wildman–Crippen MR) is 133 cm³/mol. The Morgan fingerprint density at radius 3 is 2.35 bits per heavy atom. The molecule has 0 saturated carbocycles. The van der Waals surface area contributed by atoms with Crippen molar-refractivity contribution in [1.29, 1.82) is 0 Å². The number of benzene rings is 1. The van der Waals surface area contributed by atoms with Gasteiger partial charge in [0.2, 0.25) is 5.95 Å². The second-order valence-electron chi connectivity index (χ2n) is 9.36. The van der Waals surface area contributed by atoms with Gasteiger partial charge >= 0.3 is 5.97 Å². The Bertz CT molecular complexity index is 1450. The highest BCUT2D eigenvalue weighted by molar-refractivity contribution is 6.00. The second kappa shape index (κ2) is 9.81. The van der Waals surface area contributed by atoms with E-state index in [0.29, 0.717) is 41.4 Å². The Morgan fingerprint density at radius 2 is 1.76 bits per heavy atom. The van der Waals surface area contributed by atoms with E-state index in [4.69, 9.17) is 4.74 Å². The van der Waals surface area contributed by atoms with Gasteiger partial charge in [0.25, 0.3) is 0 Å². The summed E-state index contributed by atoms with van der Waals surface area (Å²) in [5, 5.41) is 15.0. The summed E-state index contributed by atoms with van der Waals surface area (Å²) in [7, 11) is 1.94. The number of anilines is 1. The quantitative estimate of drug-likeness (QED) is 0.403. The molecule has 11 heteroatoms. The molecule has 1 fully saturated rings. The number of halogens is 2. The molecule has 1 aliphatic rings. The molecule has 0 bridgehead atoms. The zero-order chi connectivity index (χ0) is 26.3. The molecule has 3 aromatic heterocycles. The number of aromatic nitrogens is 5. The number of hydrogen-bond donors (Lipinski definition) is 1. The molecule has 1 aliphatic heterocycles. The number of hydrogen-bond acceptors (Lipinski definition) is 7. The lowest BCUT2D eigenvalue weighted by Crippen LogP contribution is -2.37. The normalized spacial score (nSPS) is 14.4. The lowest BCUT2D eigenvalue weighted by Gasteiger charge is -2.31. The monoisotopic (exact) mass is 508 g/mol. The molecule has 37 heavy (non-hydrogen) atoms. The van der Waals surface area contributed by atoms with Crippen molar-refractivity contribution in [3.63, 3.8) is 0 Å². The van der Waals surface area contributed by atoms with E-state index in [-0.39, 0.29) is 29.0 Å². The molecule has 192 valence electrons. The van der Waals surface area contributed by atoms with Crippen LogP contribution in [0.4, 0.5) is 14.7 Å². The van der Waals surface area contributed by atoms with Gasteiger partial charge in [0, 0.05) is 55.9 Å². The summed E-state index contributed by atoms with van der Waals surface area (Å²) >= 11 is 0. The number of aromatic carboxylic acids is 1. The van der Waals surface area contributed by atoms with Crippen molar-refractivity contribution >= 4 is 23.0 Å². The number of pyridine rings is 1. The molecule has 5 rings (SSSR count). The molecule has 4 heterocycles. The molecule has 0 aliphatic carbocycles. The van der Waals surface area contributed by atoms with Crippen LogP contribution >= 0.6 is 0 Å². The summed E-state index contributed by atoms with van der Waals surface area (Å²) in [6.07, 6.45) is 5.04. The largest absolute Gasteiger partial charge is 0.477 e. The molecule has 9 nitrogen and oxygen atoms in total. The topological polar surface area (TPSA) is 106 Å². The van der Waals surface area contributed by atoms with Gasteiger partial charge < -0.3 is 14.7 Å². The molecule has 1 N–H and O–H groups in total. The summed E-state index contributed by atoms with van der Waals surface area (Å²) in [5.41, 5.74) is 1.73. The first-order valence-corrected chi connectivity index (χ1v) is 12.0. The van der Waals surface area contributed by atoms with E-state index in [1.807, 2.05) is 25.8 Å². The van der Waals surface area contributed by atoms with E-state index in [1.54, 1.807) is 12.4 Å². The van der Waals surface area contributed by atoms with Crippen LogP contribution in [0.15, 0.2) is 36.7 Å². The Kier molecular flexibility index (Phi) is 6.55. The molecular weight excluding hydrogens is 482 g/mol. The van der Waals surface area contributed by atoms with E-state index < -0.39 is 17.6 Å². The Balaban J connectivity index is 1.67. The molecule has 0 atom stereocenters. The Hall–Kier alpha value is -3.99. The van der Waals surface area contributed by atoms with E-state index in [1.165, 1.54) is 10.7 Å². The van der Waals surface area contributed by atoms with Crippen molar-refractivity contribution in [2.75, 3.05) is 25.2 Å². The van der Waals surface area contributed by atoms with E-state index in [2.05, 4.69) is 20.1 Å². The average molecular weight is 509 g/mol. The van der Waals surface area contributed by atoms with Crippen molar-refractivity contribution in [2.24, 2.45) is 0 Å². The molecule has 0 spiro atoms. The first-order chi connectivity index (χ1) is 17.7. The minimum absolute atomic E-state index is 0.0973. The van der Waals surface area contributed by atoms with Crippen LogP contribution in [0.3, 0.4) is 0 Å². The van der Waals surface area contributed by atoms with Crippen LogP contribution < -0.4 is 4.90 Å². The number of carboxylic acid groups (broad SMARTS) is 1. The number of carboxylic acids is 1. The fourth-order valence-electron chi connectivity index (χ4n) is 4.60. The van der Waals surface area contributed by atoms with Crippen molar-refractivity contribution in [1.82, 2.24) is 24.7 Å². The molecule has 0 unspecified atom stereocenters. The van der Waals surface area contributed by atoms with E-state index in [9.17, 15) is 18.7 Å². The summed E-state index contributed by atoms with van der Waals surface area (Å²) in [6.45, 7) is 5.24. The third-order valence-electron chi connectivity index (χ3n) is 6.53. The maximum absolute atomic E-state index is 14.0. The molecule has 0 amide bonds. The van der Waals surface area contributed by atoms with Crippen molar-refractivity contribution < 1.29 is 23.4 Å². The Morgan fingerprint density at radius 1 is 1.11 bits per heavy atom. The highest BCUT2D eigenvalue weighted by Gasteiger charge is 2.25. The van der Waals surface area contributed by atoms with Crippen LogP contribution in [0.25, 0.3) is 27.8 Å². The standard InChI is InChI=1S/C26H26F2N6O3/c1-14(2)23-22-20(15-12-29-26(30-13-15)33(3)18-4-6-37-7-5-18)11-21(25(35)36)31-24(22)34(32-23)19-9-16(27)8-17(28)10-19/h8-14,18H,4-7H2,1-3H3,(H,35,36). The van der Waals surface area contributed by atoms with Gasteiger partial charge in [-0.2, -0.15) is 5.10 Å². The number of fused-ring (bicyclic) bond motifs is 1. The van der Waals surface area contributed by atoms with Crippen molar-refractivity contribution in [3.05, 3.63) is 59.7 Å². The summed E-state index contributed by atoms with van der Waals surface area (Å²) in [5.74, 6) is -2.36. The van der Waals surface area contributed by atoms with Gasteiger partial charge in [-0.3, -0.25) is 0 Å². The molecule has 1 saturated heterocycles. The SMILES string of the molecule is CC(C)c1nn(-c2cc(F)cc(F)c2)c2nc(C(=O)O)cc(-c3cnc(N(C)C4CCOCC4)nc3)c12. The summed E-state index contributed by atoms with van der Waals surface area (Å²) < 4.78 is 34.8. The number of rotatable bonds is 6. The van der Waals surface area contributed by atoms with Crippen LogP contribution in [0, 0.1) is 11.6 Å². The minimum atomic E-state index is -1.25. The first kappa shape index (κ1) is 24.7. The van der Waals surface area contributed by atoms with Crippen LogP contribution in [-0.2, 0) is 4.74 Å². The zero-order valence-corrected chi connectivity index (χ0v) is 20.7. The van der Waals surface area contributed by atoms with Crippen molar-refractivity contribution in [2.45, 2.75) is 38.6 Å². The fraction of sp³-hybridized carbons (Fsp3) is 0.346. The van der Waals surface area contributed by atoms with Gasteiger partial charge in [0.1, 0.15) is 11.6 Å². The first-order valence-electron chi connectivity index (χ1n) is 12.0. The van der Waals surface area contributed by atoms with E-state index in [0.717, 1.165) is 31.0 Å². The maximum Gasteiger partial charge on any atom is 0.354 e. The van der Waals surface area contributed by atoms with Crippen molar-refractivity contribution in [3.8, 4) is 16.8 Å². The van der Waals surface area contributed by atoms with Crippen LogP contribution in [-0.4, -0.2) is 62.1 Å². The number of carbonyl (C=O) groups is 1. The van der Waals surface area contributed by atoms with Gasteiger partial charge in [-0.05, 0) is 37.0 Å². The summed E-state index contributed by atoms with van der Waals surface area (Å²) in [4.78, 5) is 27.4. The lowest BCUT2D eigenvalue weighted by molar-refractivity contribution is 0.0691. The van der Waals surface area contributed by atoms with Gasteiger partial charge in [-0.15, -0.1) is 0 Å². The number of ether oxygens (including phenoxy) is 1. The lowest BCUT2D eigenvalue weighted by atomic mass is 9.99. The third-order valence-corrected chi connectivity index (χ3v) is 6.53. The Labute approximate surface area is 211 Å². The van der Waals surface area contributed by atoms with E-state index >= 15 is 0 Å². The zero-order valence-electron chi connectivity index (χ0n) is 20.7. The van der Waals surface area contributed by atoms with Gasteiger partial charge in [-0.25, -0.2) is 33.2 Å². The van der Waals surface area contributed by atoms with Crippen LogP contribution in [0.5, 0.6) is 0 Å².